The predicted octanol–water partition coefficient (Wildman–Crippen LogP) is 4.51. The first-order chi connectivity index (χ1) is 14.8. The maximum Gasteiger partial charge on any atom is 0.490 e. The van der Waals surface area contributed by atoms with E-state index in [1.165, 1.54) is 7.11 Å². The lowest BCUT2D eigenvalue weighted by molar-refractivity contribution is -0.222. The molecule has 0 saturated heterocycles. The van der Waals surface area contributed by atoms with Crippen LogP contribution in [0.25, 0.3) is 0 Å². The van der Waals surface area contributed by atoms with Crippen molar-refractivity contribution in [3.8, 4) is 0 Å². The zero-order valence-corrected chi connectivity index (χ0v) is 19.2. The molecule has 4 aliphatic carbocycles. The molecular weight excluding hydrogens is 425 g/mol. The number of carbonyl (C=O) groups excluding carboxylic acids is 3. The zero-order chi connectivity index (χ0) is 23.6. The van der Waals surface area contributed by atoms with Crippen LogP contribution >= 0.6 is 0 Å². The topological polar surface area (TPSA) is 69.7 Å². The molecule has 0 aliphatic heterocycles. The number of carbonyl (C=O) groups is 3. The third-order valence-electron chi connectivity index (χ3n) is 9.60. The highest BCUT2D eigenvalue weighted by Crippen LogP contribution is 2.66. The molecule has 0 amide bonds. The first-order valence-corrected chi connectivity index (χ1v) is 11.7. The number of esters is 1. The number of ether oxygens (including phenoxy) is 2. The van der Waals surface area contributed by atoms with E-state index in [-0.39, 0.29) is 47.1 Å². The van der Waals surface area contributed by atoms with Gasteiger partial charge >= 0.3 is 12.1 Å². The lowest BCUT2D eigenvalue weighted by Gasteiger charge is -2.60. The van der Waals surface area contributed by atoms with Crippen molar-refractivity contribution in [3.63, 3.8) is 0 Å². The van der Waals surface area contributed by atoms with Crippen LogP contribution in [-0.2, 0) is 23.9 Å². The number of alkyl halides is 3. The summed E-state index contributed by atoms with van der Waals surface area (Å²) in [7, 11) is 1.41. The highest BCUT2D eigenvalue weighted by Gasteiger charge is 2.65. The number of hydrogen-bond donors (Lipinski definition) is 0. The van der Waals surface area contributed by atoms with Gasteiger partial charge in [-0.05, 0) is 74.0 Å². The summed E-state index contributed by atoms with van der Waals surface area (Å²) < 4.78 is 48.7. The zero-order valence-electron chi connectivity index (χ0n) is 19.2. The van der Waals surface area contributed by atoms with Gasteiger partial charge in [0.1, 0.15) is 17.7 Å². The van der Waals surface area contributed by atoms with Crippen molar-refractivity contribution in [2.24, 2.45) is 40.4 Å². The minimum Gasteiger partial charge on any atom is -0.453 e. The van der Waals surface area contributed by atoms with E-state index in [2.05, 4.69) is 13.8 Å². The Labute approximate surface area is 186 Å². The van der Waals surface area contributed by atoms with E-state index >= 15 is 0 Å². The van der Waals surface area contributed by atoms with Gasteiger partial charge in [0, 0.05) is 25.4 Å². The molecule has 0 N–H and O–H groups in total. The number of Topliss-reactive ketones (excluding diaryl/α,β-unsaturated/α-hetero) is 2. The molecule has 9 atom stereocenters. The molecule has 5 nitrogen and oxygen atoms in total. The third kappa shape index (κ3) is 3.51. The van der Waals surface area contributed by atoms with Crippen LogP contribution in [0.3, 0.4) is 0 Å². The maximum atomic E-state index is 13.6. The van der Waals surface area contributed by atoms with Crippen LogP contribution in [0, 0.1) is 40.4 Å². The Kier molecular flexibility index (Phi) is 5.79. The van der Waals surface area contributed by atoms with Gasteiger partial charge in [0.25, 0.3) is 0 Å². The van der Waals surface area contributed by atoms with E-state index in [1.807, 2.05) is 0 Å². The second-order valence-electron chi connectivity index (χ2n) is 11.1. The first-order valence-electron chi connectivity index (χ1n) is 11.7. The largest absolute Gasteiger partial charge is 0.490 e. The second-order valence-corrected chi connectivity index (χ2v) is 11.1. The van der Waals surface area contributed by atoms with Gasteiger partial charge in [-0.3, -0.25) is 9.59 Å². The molecule has 0 unspecified atom stereocenters. The number of halogens is 3. The van der Waals surface area contributed by atoms with Gasteiger partial charge in [-0.15, -0.1) is 0 Å². The maximum absolute atomic E-state index is 13.6. The molecule has 4 fully saturated rings. The minimum absolute atomic E-state index is 0.0144. The second kappa shape index (κ2) is 7.81. The fourth-order valence-corrected chi connectivity index (χ4v) is 8.29. The van der Waals surface area contributed by atoms with Gasteiger partial charge in [0.2, 0.25) is 0 Å². The number of rotatable bonds is 3. The molecule has 8 heteroatoms. The Hall–Kier alpha value is -1.44. The molecule has 4 aliphatic rings. The van der Waals surface area contributed by atoms with Crippen LogP contribution < -0.4 is 0 Å². The summed E-state index contributed by atoms with van der Waals surface area (Å²) in [6.45, 7) is 5.80. The Bertz CT molecular complexity index is 810. The first kappa shape index (κ1) is 23.7. The van der Waals surface area contributed by atoms with Gasteiger partial charge < -0.3 is 9.47 Å². The molecule has 4 rings (SSSR count). The van der Waals surface area contributed by atoms with Crippen molar-refractivity contribution in [2.75, 3.05) is 7.11 Å². The van der Waals surface area contributed by atoms with Crippen LogP contribution in [0.4, 0.5) is 13.2 Å². The lowest BCUT2D eigenvalue weighted by atomic mass is 9.44. The Morgan fingerprint density at radius 1 is 1.03 bits per heavy atom. The highest BCUT2D eigenvalue weighted by molar-refractivity contribution is 5.87. The van der Waals surface area contributed by atoms with Crippen molar-refractivity contribution in [2.45, 2.75) is 84.1 Å². The molecule has 0 bridgehead atoms. The highest BCUT2D eigenvalue weighted by atomic mass is 19.4. The molecule has 0 spiro atoms. The summed E-state index contributed by atoms with van der Waals surface area (Å²) in [5.41, 5.74) is -0.717. The third-order valence-corrected chi connectivity index (χ3v) is 9.60. The Balaban J connectivity index is 1.60. The summed E-state index contributed by atoms with van der Waals surface area (Å²) in [5, 5.41) is 0. The van der Waals surface area contributed by atoms with Gasteiger partial charge in [0.15, 0.2) is 0 Å². The van der Waals surface area contributed by atoms with Gasteiger partial charge in [0.05, 0.1) is 6.10 Å². The molecule has 180 valence electrons. The van der Waals surface area contributed by atoms with Crippen molar-refractivity contribution < 1.29 is 37.0 Å². The molecule has 4 saturated carbocycles. The predicted molar refractivity (Wildman–Crippen MR) is 108 cm³/mol. The molecule has 0 aromatic carbocycles. The minimum atomic E-state index is -5.05. The van der Waals surface area contributed by atoms with Gasteiger partial charge in [-0.1, -0.05) is 13.8 Å². The Morgan fingerprint density at radius 2 is 1.72 bits per heavy atom. The molecule has 32 heavy (non-hydrogen) atoms. The van der Waals surface area contributed by atoms with Crippen LogP contribution in [0.15, 0.2) is 0 Å². The molecule has 0 radical (unpaired) electrons. The van der Waals surface area contributed by atoms with Crippen LogP contribution in [-0.4, -0.2) is 43.0 Å². The van der Waals surface area contributed by atoms with Crippen LogP contribution in [0.5, 0.6) is 0 Å². The van der Waals surface area contributed by atoms with Crippen LogP contribution in [0.2, 0.25) is 0 Å². The summed E-state index contributed by atoms with van der Waals surface area (Å²) in [6, 6.07) is 0. The summed E-state index contributed by atoms with van der Waals surface area (Å²) in [5.74, 6) is -1.65. The van der Waals surface area contributed by atoms with E-state index < -0.39 is 29.8 Å². The van der Waals surface area contributed by atoms with Gasteiger partial charge in [-0.2, -0.15) is 13.2 Å². The summed E-state index contributed by atoms with van der Waals surface area (Å²) in [4.78, 5) is 37.4. The van der Waals surface area contributed by atoms with E-state index in [9.17, 15) is 27.6 Å². The number of methoxy groups -OCH3 is 1. The quantitative estimate of drug-likeness (QED) is 0.582. The normalized spacial score (nSPS) is 46.1. The number of fused-ring (bicyclic) bond motifs is 5. The number of ketones is 2. The van der Waals surface area contributed by atoms with E-state index in [1.54, 1.807) is 6.92 Å². The lowest BCUT2D eigenvalue weighted by Crippen LogP contribution is -2.60. The van der Waals surface area contributed by atoms with Crippen molar-refractivity contribution >= 4 is 17.5 Å². The van der Waals surface area contributed by atoms with Crippen LogP contribution in [0.1, 0.15) is 65.7 Å². The van der Waals surface area contributed by atoms with E-state index in [4.69, 9.17) is 9.47 Å². The fourth-order valence-electron chi connectivity index (χ4n) is 8.29. The molecule has 0 heterocycles. The molecule has 0 aromatic heterocycles. The van der Waals surface area contributed by atoms with Crippen molar-refractivity contribution in [1.82, 2.24) is 0 Å². The van der Waals surface area contributed by atoms with Crippen molar-refractivity contribution in [3.05, 3.63) is 0 Å². The monoisotopic (exact) mass is 458 g/mol. The van der Waals surface area contributed by atoms with Crippen molar-refractivity contribution in [1.29, 1.82) is 0 Å². The standard InChI is InChI=1S/C24H33F3O5/c1-12(28)15-7-8-16-14-6-5-13-9-18(32-21(30)24(25,26)27)19(31-4)11-22(13,2)20(14)17(29)10-23(15,16)3/h13-16,18-20H,5-11H2,1-4H3/t13-,14-,15+,16-,18-,19-,20+,22-,23+/m0/s1. The average molecular weight is 459 g/mol. The Morgan fingerprint density at radius 3 is 2.31 bits per heavy atom. The average Bonchev–Trinajstić information content (AvgIpc) is 3.03. The van der Waals surface area contributed by atoms with E-state index in [0.717, 1.165) is 25.7 Å². The van der Waals surface area contributed by atoms with Gasteiger partial charge in [-0.25, -0.2) is 4.79 Å². The summed E-state index contributed by atoms with van der Waals surface area (Å²) >= 11 is 0. The summed E-state index contributed by atoms with van der Waals surface area (Å²) in [6.07, 6.45) is -2.30. The smallest absolute Gasteiger partial charge is 0.453 e. The SMILES string of the molecule is CO[C@H]1C[C@@]2(C)[C@@H](CC[C@H]3[C@@H]4CC[C@H](C(C)=O)[C@@]4(C)CC(=O)[C@@H]32)C[C@@H]1OC(=O)C(F)(F)F. The van der Waals surface area contributed by atoms with E-state index in [0.29, 0.717) is 18.8 Å². The number of hydrogen-bond acceptors (Lipinski definition) is 5. The molecule has 0 aromatic rings. The fraction of sp³-hybridized carbons (Fsp3) is 0.875. The molecular formula is C24H33F3O5.